The first-order valence-corrected chi connectivity index (χ1v) is 22.4. The number of carbonyl (C=O) groups excluding carboxylic acids is 3. The largest absolute Gasteiger partial charge is 0.477 e. The van der Waals surface area contributed by atoms with Crippen LogP contribution in [0.5, 0.6) is 0 Å². The zero-order chi connectivity index (χ0) is 36.5. The van der Waals surface area contributed by atoms with Gasteiger partial charge in [-0.3, -0.25) is 14.5 Å². The minimum Gasteiger partial charge on any atom is -0.477 e. The van der Waals surface area contributed by atoms with Gasteiger partial charge in [-0.2, -0.15) is 0 Å². The van der Waals surface area contributed by atoms with Crippen LogP contribution in [0, 0.1) is 5.92 Å². The molecule has 0 aliphatic carbocycles. The zero-order valence-electron chi connectivity index (χ0n) is 29.6. The van der Waals surface area contributed by atoms with E-state index in [1.165, 1.54) is 4.90 Å². The number of nitrogens with zero attached hydrogens (tertiary/aromatic N) is 3. The highest BCUT2D eigenvalue weighted by atomic mass is 31.2. The molecular formula is C40H44N3O6PSi. The van der Waals surface area contributed by atoms with Crippen molar-refractivity contribution < 1.29 is 28.7 Å². The summed E-state index contributed by atoms with van der Waals surface area (Å²) in [5, 5.41) is 13.7. The molecule has 1 N–H and O–H groups in total. The lowest BCUT2D eigenvalue weighted by Gasteiger charge is -2.51. The van der Waals surface area contributed by atoms with Crippen LogP contribution in [0.25, 0.3) is 0 Å². The van der Waals surface area contributed by atoms with Crippen LogP contribution in [0.2, 0.25) is 19.6 Å². The van der Waals surface area contributed by atoms with Gasteiger partial charge in [0, 0.05) is 44.7 Å². The Morgan fingerprint density at radius 3 is 1.71 bits per heavy atom. The molecule has 6 rings (SSSR count). The van der Waals surface area contributed by atoms with Crippen molar-refractivity contribution in [2.24, 2.45) is 5.92 Å². The van der Waals surface area contributed by atoms with Crippen LogP contribution < -0.4 is 20.8 Å². The monoisotopic (exact) mass is 721 g/mol. The normalized spacial score (nSPS) is 18.4. The molecule has 51 heavy (non-hydrogen) atoms. The van der Waals surface area contributed by atoms with Crippen molar-refractivity contribution in [3.05, 3.63) is 121 Å². The van der Waals surface area contributed by atoms with Crippen molar-refractivity contribution in [3.8, 4) is 0 Å². The molecule has 264 valence electrons. The summed E-state index contributed by atoms with van der Waals surface area (Å²) in [6.45, 7) is 5.93. The maximum absolute atomic E-state index is 14.6. The van der Waals surface area contributed by atoms with Gasteiger partial charge in [-0.1, -0.05) is 91.0 Å². The Morgan fingerprint density at radius 2 is 1.29 bits per heavy atom. The highest BCUT2D eigenvalue weighted by Gasteiger charge is 2.56. The van der Waals surface area contributed by atoms with Gasteiger partial charge in [-0.15, -0.1) is 0 Å². The molecule has 0 spiro atoms. The third-order valence-electron chi connectivity index (χ3n) is 9.59. The van der Waals surface area contributed by atoms with E-state index in [4.69, 9.17) is 4.43 Å². The first kappa shape index (κ1) is 36.0. The lowest BCUT2D eigenvalue weighted by molar-refractivity contribution is -0.155. The first-order chi connectivity index (χ1) is 24.3. The number of urea groups is 1. The first-order valence-electron chi connectivity index (χ1n) is 17.2. The van der Waals surface area contributed by atoms with Crippen molar-refractivity contribution in [2.75, 3.05) is 25.0 Å². The molecule has 2 aliphatic rings. The van der Waals surface area contributed by atoms with Gasteiger partial charge in [0.15, 0.2) is 14.1 Å². The van der Waals surface area contributed by atoms with Gasteiger partial charge < -0.3 is 19.3 Å². The van der Waals surface area contributed by atoms with Crippen LogP contribution in [0.1, 0.15) is 23.7 Å². The second-order valence-corrected chi connectivity index (χ2v) is 21.8. The molecular weight excluding hydrogens is 678 g/mol. The van der Waals surface area contributed by atoms with Crippen LogP contribution in [-0.4, -0.2) is 84.6 Å². The molecule has 11 heteroatoms. The second kappa shape index (κ2) is 14.5. The number of carbonyl (C=O) groups is 4. The molecule has 0 aromatic heterocycles. The standard InChI is InChI=1S/C40H44N3O6PSi/c1-28(49-51(3,4)5)36-34(27-35(44)29-21-23-30(24-22-29)42-26-25-41(2)40(42)48)43(37(36)45)38(39(46)47)50(31-15-9-6-10-16-31,32-17-11-7-12-18-32)33-19-13-8-14-20-33/h6-24,28,34,36H,25-27H2,1-5H3,(H,46,47)/t28-,34-,36-/m1/s1. The second-order valence-electron chi connectivity index (χ2n) is 14.1. The number of anilines is 1. The van der Waals surface area contributed by atoms with Crippen LogP contribution >= 0.6 is 6.89 Å². The van der Waals surface area contributed by atoms with Gasteiger partial charge >= 0.3 is 12.0 Å². The van der Waals surface area contributed by atoms with Gasteiger partial charge in [0.05, 0.1) is 18.1 Å². The van der Waals surface area contributed by atoms with Crippen molar-refractivity contribution in [1.82, 2.24) is 9.80 Å². The quantitative estimate of drug-likeness (QED) is 0.0909. The number of benzene rings is 4. The van der Waals surface area contributed by atoms with Crippen molar-refractivity contribution in [1.29, 1.82) is 0 Å². The van der Waals surface area contributed by atoms with Crippen molar-refractivity contribution in [3.63, 3.8) is 0 Å². The predicted octanol–water partition coefficient (Wildman–Crippen LogP) is 5.41. The number of carboxylic acids is 1. The van der Waals surface area contributed by atoms with Gasteiger partial charge in [-0.05, 0) is 66.7 Å². The Labute approximate surface area is 300 Å². The number of carboxylic acid groups (broad SMARTS) is 1. The zero-order valence-corrected chi connectivity index (χ0v) is 31.5. The van der Waals surface area contributed by atoms with E-state index in [1.54, 1.807) is 41.1 Å². The fraction of sp³-hybridized carbons (Fsp3) is 0.275. The Hall–Kier alpha value is -4.76. The number of β-lactam (4-membered cyclic amide) rings is 1. The van der Waals surface area contributed by atoms with Crippen LogP contribution in [0.4, 0.5) is 10.5 Å². The van der Waals surface area contributed by atoms with E-state index in [0.29, 0.717) is 24.3 Å². The van der Waals surface area contributed by atoms with Crippen LogP contribution in [0.15, 0.2) is 115 Å². The number of rotatable bonds is 12. The lowest BCUT2D eigenvalue weighted by Crippen LogP contribution is -2.69. The number of likely N-dealkylation sites (tertiary alicyclic amines) is 1. The van der Waals surface area contributed by atoms with E-state index >= 15 is 0 Å². The number of likely N-dealkylation sites (N-methyl/N-ethyl adjacent to an activating group) is 1. The molecule has 9 nitrogen and oxygen atoms in total. The number of amides is 3. The molecule has 3 amide bonds. The Morgan fingerprint density at radius 1 is 0.804 bits per heavy atom. The Bertz CT molecular complexity index is 1880. The highest BCUT2D eigenvalue weighted by molar-refractivity contribution is 7.96. The van der Waals surface area contributed by atoms with Gasteiger partial charge in [-0.25, -0.2) is 9.59 Å². The molecule has 2 fully saturated rings. The summed E-state index contributed by atoms with van der Waals surface area (Å²) in [7, 11) is -0.380. The van der Waals surface area contributed by atoms with Gasteiger partial charge in [0.2, 0.25) is 5.91 Å². The summed E-state index contributed by atoms with van der Waals surface area (Å²) in [6, 6.07) is 34.6. The molecule has 0 saturated carbocycles. The predicted molar refractivity (Wildman–Crippen MR) is 207 cm³/mol. The molecule has 0 unspecified atom stereocenters. The third kappa shape index (κ3) is 6.83. The number of hydrogen-bond donors (Lipinski definition) is 1. The minimum absolute atomic E-state index is 0.0302. The van der Waals surface area contributed by atoms with E-state index in [1.807, 2.05) is 118 Å². The molecule has 2 saturated heterocycles. The molecule has 3 atom stereocenters. The lowest BCUT2D eigenvalue weighted by atomic mass is 9.79. The fourth-order valence-electron chi connectivity index (χ4n) is 7.39. The number of Topliss-reactive ketones (excluding diaryl/α,β-unsaturated/α-hetero) is 1. The summed E-state index contributed by atoms with van der Waals surface area (Å²) < 4.78 is 6.44. The number of aliphatic carboxylic acids is 1. The fourth-order valence-corrected chi connectivity index (χ4v) is 13.0. The van der Waals surface area contributed by atoms with E-state index in [0.717, 1.165) is 15.9 Å². The summed E-state index contributed by atoms with van der Waals surface area (Å²) in [5.74, 6) is -2.54. The molecule has 4 aromatic carbocycles. The van der Waals surface area contributed by atoms with Gasteiger partial charge in [0.25, 0.3) is 0 Å². The topological polar surface area (TPSA) is 107 Å². The average molecular weight is 722 g/mol. The smallest absolute Gasteiger partial charge is 0.353 e. The third-order valence-corrected chi connectivity index (χ3v) is 14.9. The maximum Gasteiger partial charge on any atom is 0.353 e. The molecule has 0 bridgehead atoms. The van der Waals surface area contributed by atoms with E-state index in [9.17, 15) is 24.3 Å². The van der Waals surface area contributed by atoms with Crippen LogP contribution in [-0.2, 0) is 14.0 Å². The highest BCUT2D eigenvalue weighted by Crippen LogP contribution is 2.50. The van der Waals surface area contributed by atoms with Crippen molar-refractivity contribution in [2.45, 2.75) is 45.1 Å². The van der Waals surface area contributed by atoms with E-state index in [2.05, 4.69) is 0 Å². The van der Waals surface area contributed by atoms with E-state index in [-0.39, 0.29) is 29.6 Å². The molecule has 2 aliphatic heterocycles. The van der Waals surface area contributed by atoms with E-state index < -0.39 is 39.2 Å². The SMILES string of the molecule is C[C@@H](O[Si](C)(C)C)[C@H]1C(=O)N(C(C(=O)O)=P(c2ccccc2)(c2ccccc2)c2ccccc2)[C@@H]1CC(=O)c1ccc(N2CCN(C)C2=O)cc1. The van der Waals surface area contributed by atoms with Crippen LogP contribution in [0.3, 0.4) is 0 Å². The van der Waals surface area contributed by atoms with Gasteiger partial charge in [0.1, 0.15) is 5.42 Å². The molecule has 0 radical (unpaired) electrons. The number of ketones is 1. The maximum atomic E-state index is 14.6. The Kier molecular flexibility index (Phi) is 10.2. The summed E-state index contributed by atoms with van der Waals surface area (Å²) in [4.78, 5) is 60.0. The summed E-state index contributed by atoms with van der Waals surface area (Å²) >= 11 is 0. The summed E-state index contributed by atoms with van der Waals surface area (Å²) in [6.07, 6.45) is -0.637. The molecule has 4 aromatic rings. The Balaban J connectivity index is 1.52. The number of hydrogen-bond acceptors (Lipinski definition) is 5. The average Bonchev–Trinajstić information content (AvgIpc) is 3.45. The minimum atomic E-state index is -3.22. The molecule has 2 heterocycles. The van der Waals surface area contributed by atoms with Crippen molar-refractivity contribution >= 4 is 65.9 Å². The summed E-state index contributed by atoms with van der Waals surface area (Å²) in [5.41, 5.74) is 1.08.